The average Bonchev–Trinajstić information content (AvgIpc) is 2.87. The Bertz CT molecular complexity index is 1130. The number of aryl methyl sites for hydroxylation is 1. The SMILES string of the molecule is Cc1ccc2c(OCCN3CCN(C)CC3)c3ccccc3c(OCCN3CCN(C)CC3)c2c1. The van der Waals surface area contributed by atoms with E-state index in [-0.39, 0.29) is 0 Å². The highest BCUT2D eigenvalue weighted by atomic mass is 16.5. The summed E-state index contributed by atoms with van der Waals surface area (Å²) in [6.45, 7) is 14.4. The van der Waals surface area contributed by atoms with Gasteiger partial charge in [0.2, 0.25) is 0 Å². The first-order valence-corrected chi connectivity index (χ1v) is 13.1. The lowest BCUT2D eigenvalue weighted by Crippen LogP contribution is -2.45. The summed E-state index contributed by atoms with van der Waals surface area (Å²) in [6.07, 6.45) is 0. The number of hydrogen-bond donors (Lipinski definition) is 0. The smallest absolute Gasteiger partial charge is 0.135 e. The summed E-state index contributed by atoms with van der Waals surface area (Å²) in [5.41, 5.74) is 1.24. The lowest BCUT2D eigenvalue weighted by atomic mass is 9.99. The lowest BCUT2D eigenvalue weighted by molar-refractivity contribution is 0.134. The normalized spacial score (nSPS) is 18.9. The molecule has 0 atom stereocenters. The fourth-order valence-electron chi connectivity index (χ4n) is 5.22. The molecule has 2 aliphatic heterocycles. The molecule has 3 aromatic rings. The number of piperazine rings is 2. The molecule has 0 bridgehead atoms. The maximum atomic E-state index is 6.56. The van der Waals surface area contributed by atoms with E-state index in [0.717, 1.165) is 98.5 Å². The second kappa shape index (κ2) is 11.1. The van der Waals surface area contributed by atoms with E-state index >= 15 is 0 Å². The van der Waals surface area contributed by atoms with Crippen LogP contribution in [0.5, 0.6) is 11.5 Å². The van der Waals surface area contributed by atoms with E-state index in [1.54, 1.807) is 0 Å². The minimum atomic E-state index is 0.695. The predicted octanol–water partition coefficient (Wildman–Crippen LogP) is 3.55. The molecule has 2 heterocycles. The van der Waals surface area contributed by atoms with Crippen molar-refractivity contribution in [2.24, 2.45) is 0 Å². The molecule has 5 rings (SSSR count). The van der Waals surface area contributed by atoms with Gasteiger partial charge in [0.15, 0.2) is 0 Å². The molecule has 6 nitrogen and oxygen atoms in total. The van der Waals surface area contributed by atoms with Gasteiger partial charge in [-0.3, -0.25) is 9.80 Å². The van der Waals surface area contributed by atoms with Crippen molar-refractivity contribution in [1.29, 1.82) is 0 Å². The van der Waals surface area contributed by atoms with E-state index in [1.165, 1.54) is 5.56 Å². The molecule has 2 fully saturated rings. The molecule has 2 saturated heterocycles. The maximum absolute atomic E-state index is 6.56. The van der Waals surface area contributed by atoms with Gasteiger partial charge in [0.1, 0.15) is 24.7 Å². The molecule has 0 unspecified atom stereocenters. The molecule has 0 radical (unpaired) electrons. The molecule has 0 N–H and O–H groups in total. The van der Waals surface area contributed by atoms with Gasteiger partial charge < -0.3 is 19.3 Å². The topological polar surface area (TPSA) is 31.4 Å². The van der Waals surface area contributed by atoms with Crippen molar-refractivity contribution in [3.63, 3.8) is 0 Å². The molecule has 3 aromatic carbocycles. The highest BCUT2D eigenvalue weighted by molar-refractivity contribution is 6.11. The molecular weight excluding hydrogens is 436 g/mol. The van der Waals surface area contributed by atoms with Gasteiger partial charge in [-0.15, -0.1) is 0 Å². The fraction of sp³-hybridized carbons (Fsp3) is 0.517. The number of ether oxygens (including phenoxy) is 2. The van der Waals surface area contributed by atoms with Crippen molar-refractivity contribution in [3.05, 3.63) is 48.0 Å². The summed E-state index contributed by atoms with van der Waals surface area (Å²) in [6, 6.07) is 15.2. The Kier molecular flexibility index (Phi) is 7.73. The van der Waals surface area contributed by atoms with Crippen molar-refractivity contribution in [2.45, 2.75) is 6.92 Å². The molecule has 6 heteroatoms. The van der Waals surface area contributed by atoms with Crippen LogP contribution < -0.4 is 9.47 Å². The van der Waals surface area contributed by atoms with Gasteiger partial charge in [-0.1, -0.05) is 42.0 Å². The van der Waals surface area contributed by atoms with Crippen LogP contribution in [0, 0.1) is 6.92 Å². The summed E-state index contributed by atoms with van der Waals surface area (Å²) in [5, 5.41) is 4.56. The lowest BCUT2D eigenvalue weighted by Gasteiger charge is -2.32. The molecule has 188 valence electrons. The molecule has 35 heavy (non-hydrogen) atoms. The third kappa shape index (κ3) is 5.72. The Balaban J connectivity index is 1.38. The highest BCUT2D eigenvalue weighted by Crippen LogP contribution is 2.43. The minimum absolute atomic E-state index is 0.695. The first kappa shape index (κ1) is 24.3. The van der Waals surface area contributed by atoms with Crippen LogP contribution in [0.1, 0.15) is 5.56 Å². The van der Waals surface area contributed by atoms with Crippen LogP contribution in [-0.4, -0.2) is 112 Å². The number of nitrogens with zero attached hydrogens (tertiary/aromatic N) is 4. The molecule has 0 spiro atoms. The largest absolute Gasteiger partial charge is 0.491 e. The highest BCUT2D eigenvalue weighted by Gasteiger charge is 2.19. The first-order chi connectivity index (χ1) is 17.1. The second-order valence-corrected chi connectivity index (χ2v) is 10.2. The quantitative estimate of drug-likeness (QED) is 0.462. The molecule has 0 aliphatic carbocycles. The number of likely N-dealkylation sites (N-methyl/N-ethyl adjacent to an activating group) is 2. The number of rotatable bonds is 8. The van der Waals surface area contributed by atoms with Crippen molar-refractivity contribution < 1.29 is 9.47 Å². The number of fused-ring (bicyclic) bond motifs is 2. The van der Waals surface area contributed by atoms with Crippen LogP contribution in [0.25, 0.3) is 21.5 Å². The summed E-state index contributed by atoms with van der Waals surface area (Å²) in [5.74, 6) is 1.97. The van der Waals surface area contributed by atoms with Gasteiger partial charge in [-0.2, -0.15) is 0 Å². The molecule has 0 aromatic heterocycles. The third-order valence-electron chi connectivity index (χ3n) is 7.58. The Hall–Kier alpha value is -2.38. The van der Waals surface area contributed by atoms with Crippen molar-refractivity contribution in [1.82, 2.24) is 19.6 Å². The zero-order valence-electron chi connectivity index (χ0n) is 21.6. The summed E-state index contributed by atoms with van der Waals surface area (Å²) in [7, 11) is 4.39. The van der Waals surface area contributed by atoms with Crippen LogP contribution in [0.15, 0.2) is 42.5 Å². The monoisotopic (exact) mass is 476 g/mol. The van der Waals surface area contributed by atoms with Gasteiger partial charge in [0.25, 0.3) is 0 Å². The van der Waals surface area contributed by atoms with Crippen molar-refractivity contribution in [2.75, 3.05) is 92.8 Å². The maximum Gasteiger partial charge on any atom is 0.135 e. The van der Waals surface area contributed by atoms with Crippen LogP contribution in [-0.2, 0) is 0 Å². The summed E-state index contributed by atoms with van der Waals surface area (Å²) < 4.78 is 13.1. The first-order valence-electron chi connectivity index (χ1n) is 13.1. The van der Waals surface area contributed by atoms with E-state index < -0.39 is 0 Å². The third-order valence-corrected chi connectivity index (χ3v) is 7.58. The summed E-state index contributed by atoms with van der Waals surface area (Å²) in [4.78, 5) is 9.79. The van der Waals surface area contributed by atoms with Crippen molar-refractivity contribution >= 4 is 21.5 Å². The standard InChI is InChI=1S/C29H40N4O2/c1-23-8-9-26-27(22-23)29(35-21-19-33-16-12-31(3)13-17-33)25-7-5-4-6-24(25)28(26)34-20-18-32-14-10-30(2)11-15-32/h4-9,22H,10-21H2,1-3H3. The predicted molar refractivity (Wildman–Crippen MR) is 145 cm³/mol. The minimum Gasteiger partial charge on any atom is -0.491 e. The van der Waals surface area contributed by atoms with Gasteiger partial charge in [0.05, 0.1) is 0 Å². The fourth-order valence-corrected chi connectivity index (χ4v) is 5.22. The van der Waals surface area contributed by atoms with Gasteiger partial charge in [-0.25, -0.2) is 0 Å². The molecular formula is C29H40N4O2. The van der Waals surface area contributed by atoms with E-state index in [0.29, 0.717) is 13.2 Å². The van der Waals surface area contributed by atoms with Gasteiger partial charge in [-0.05, 0) is 27.1 Å². The average molecular weight is 477 g/mol. The number of benzene rings is 3. The van der Waals surface area contributed by atoms with E-state index in [1.807, 2.05) is 0 Å². The molecule has 2 aliphatic rings. The zero-order chi connectivity index (χ0) is 24.2. The Morgan fingerprint density at radius 3 is 1.57 bits per heavy atom. The Morgan fingerprint density at radius 1 is 0.600 bits per heavy atom. The molecule has 0 amide bonds. The summed E-state index contributed by atoms with van der Waals surface area (Å²) >= 11 is 0. The van der Waals surface area contributed by atoms with Crippen molar-refractivity contribution in [3.8, 4) is 11.5 Å². The Labute approximate surface area is 210 Å². The van der Waals surface area contributed by atoms with E-state index in [4.69, 9.17) is 9.47 Å². The zero-order valence-corrected chi connectivity index (χ0v) is 21.6. The van der Waals surface area contributed by atoms with Gasteiger partial charge in [0, 0.05) is 87.0 Å². The van der Waals surface area contributed by atoms with Crippen LogP contribution >= 0.6 is 0 Å². The number of hydrogen-bond acceptors (Lipinski definition) is 6. The second-order valence-electron chi connectivity index (χ2n) is 10.2. The van der Waals surface area contributed by atoms with Crippen LogP contribution in [0.2, 0.25) is 0 Å². The van der Waals surface area contributed by atoms with Gasteiger partial charge >= 0.3 is 0 Å². The molecule has 0 saturated carbocycles. The van der Waals surface area contributed by atoms with E-state index in [9.17, 15) is 0 Å². The van der Waals surface area contributed by atoms with Crippen LogP contribution in [0.4, 0.5) is 0 Å². The van der Waals surface area contributed by atoms with E-state index in [2.05, 4.69) is 83.1 Å². The van der Waals surface area contributed by atoms with Crippen LogP contribution in [0.3, 0.4) is 0 Å². The Morgan fingerprint density at radius 2 is 1.06 bits per heavy atom.